The minimum absolute atomic E-state index is 0.0124. The number of halogens is 1. The zero-order valence-corrected chi connectivity index (χ0v) is 13.0. The summed E-state index contributed by atoms with van der Waals surface area (Å²) in [5, 5.41) is 3.19. The molecule has 5 heteroatoms. The van der Waals surface area contributed by atoms with Crippen molar-refractivity contribution in [2.75, 3.05) is 18.8 Å². The van der Waals surface area contributed by atoms with Crippen LogP contribution in [0, 0.1) is 0 Å². The monoisotopic (exact) mass is 337 g/mol. The summed E-state index contributed by atoms with van der Waals surface area (Å²) in [6.07, 6.45) is 4.83. The molecule has 2 saturated heterocycles. The highest BCUT2D eigenvalue weighted by atomic mass is 79.9. The zero-order valence-electron chi connectivity index (χ0n) is 11.4. The van der Waals surface area contributed by atoms with Gasteiger partial charge >= 0.3 is 0 Å². The standard InChI is InChI=1S/C15H20BrN3O/c16-11-5-4-10(9-12(11)17)15(20)18-13-6-8-19-7-2-1-3-14(13)19/h4-5,9,13-14H,1-3,6-8,17H2,(H,18,20). The smallest absolute Gasteiger partial charge is 0.251 e. The van der Waals surface area contributed by atoms with Crippen LogP contribution in [-0.4, -0.2) is 36.0 Å². The molecule has 2 aliphatic rings. The van der Waals surface area contributed by atoms with E-state index in [2.05, 4.69) is 26.1 Å². The number of rotatable bonds is 2. The number of piperidine rings is 1. The van der Waals surface area contributed by atoms with E-state index < -0.39 is 0 Å². The average Bonchev–Trinajstić information content (AvgIpc) is 2.85. The lowest BCUT2D eigenvalue weighted by Crippen LogP contribution is -2.46. The van der Waals surface area contributed by atoms with E-state index in [1.807, 2.05) is 12.1 Å². The van der Waals surface area contributed by atoms with Crippen molar-refractivity contribution in [2.24, 2.45) is 0 Å². The van der Waals surface area contributed by atoms with Crippen LogP contribution in [-0.2, 0) is 0 Å². The maximum atomic E-state index is 12.3. The molecule has 2 aliphatic heterocycles. The van der Waals surface area contributed by atoms with Gasteiger partial charge < -0.3 is 11.1 Å². The maximum Gasteiger partial charge on any atom is 0.251 e. The van der Waals surface area contributed by atoms with E-state index in [4.69, 9.17) is 5.73 Å². The SMILES string of the molecule is Nc1cc(C(=O)NC2CCN3CCCCC23)ccc1Br. The Morgan fingerprint density at radius 3 is 2.95 bits per heavy atom. The molecule has 0 bridgehead atoms. The van der Waals surface area contributed by atoms with Crippen LogP contribution in [0.2, 0.25) is 0 Å². The van der Waals surface area contributed by atoms with Gasteiger partial charge in [-0.1, -0.05) is 6.42 Å². The Morgan fingerprint density at radius 2 is 2.15 bits per heavy atom. The summed E-state index contributed by atoms with van der Waals surface area (Å²) in [6.45, 7) is 2.29. The molecule has 0 spiro atoms. The van der Waals surface area contributed by atoms with Crippen LogP contribution in [0.5, 0.6) is 0 Å². The van der Waals surface area contributed by atoms with Gasteiger partial charge in [0.1, 0.15) is 0 Å². The summed E-state index contributed by atoms with van der Waals surface area (Å²) >= 11 is 3.35. The number of carbonyl (C=O) groups excluding carboxylic acids is 1. The van der Waals surface area contributed by atoms with E-state index in [-0.39, 0.29) is 11.9 Å². The second-order valence-corrected chi connectivity index (χ2v) is 6.56. The molecule has 108 valence electrons. The molecule has 2 heterocycles. The number of nitrogens with two attached hydrogens (primary N) is 1. The highest BCUT2D eigenvalue weighted by molar-refractivity contribution is 9.10. The number of carbonyl (C=O) groups is 1. The van der Waals surface area contributed by atoms with Gasteiger partial charge in [0, 0.05) is 34.4 Å². The first-order valence-electron chi connectivity index (χ1n) is 7.25. The number of hydrogen-bond acceptors (Lipinski definition) is 3. The summed E-state index contributed by atoms with van der Waals surface area (Å²) in [5.41, 5.74) is 7.08. The van der Waals surface area contributed by atoms with Crippen molar-refractivity contribution >= 4 is 27.5 Å². The van der Waals surface area contributed by atoms with Crippen molar-refractivity contribution in [1.82, 2.24) is 10.2 Å². The van der Waals surface area contributed by atoms with E-state index >= 15 is 0 Å². The van der Waals surface area contributed by atoms with Crippen molar-refractivity contribution in [2.45, 2.75) is 37.8 Å². The largest absolute Gasteiger partial charge is 0.398 e. The predicted molar refractivity (Wildman–Crippen MR) is 83.6 cm³/mol. The Balaban J connectivity index is 1.68. The molecule has 20 heavy (non-hydrogen) atoms. The lowest BCUT2D eigenvalue weighted by Gasteiger charge is -2.32. The maximum absolute atomic E-state index is 12.3. The normalized spacial score (nSPS) is 26.2. The van der Waals surface area contributed by atoms with Crippen LogP contribution in [0.25, 0.3) is 0 Å². The van der Waals surface area contributed by atoms with Crippen LogP contribution in [0.15, 0.2) is 22.7 Å². The number of amides is 1. The Labute approximate surface area is 127 Å². The lowest BCUT2D eigenvalue weighted by atomic mass is 9.99. The first-order chi connectivity index (χ1) is 9.65. The van der Waals surface area contributed by atoms with E-state index in [0.29, 0.717) is 17.3 Å². The van der Waals surface area contributed by atoms with Crippen molar-refractivity contribution in [1.29, 1.82) is 0 Å². The molecule has 2 fully saturated rings. The third kappa shape index (κ3) is 2.69. The molecule has 2 atom stereocenters. The van der Waals surface area contributed by atoms with Crippen molar-refractivity contribution in [3.05, 3.63) is 28.2 Å². The second kappa shape index (κ2) is 5.74. The van der Waals surface area contributed by atoms with Gasteiger partial charge in [-0.15, -0.1) is 0 Å². The third-order valence-corrected chi connectivity index (χ3v) is 5.15. The summed E-state index contributed by atoms with van der Waals surface area (Å²) in [5.74, 6) is -0.0124. The van der Waals surface area contributed by atoms with Gasteiger partial charge in [0.05, 0.1) is 0 Å². The number of nitrogens with one attached hydrogen (secondary N) is 1. The van der Waals surface area contributed by atoms with Crippen molar-refractivity contribution in [3.8, 4) is 0 Å². The number of nitrogen functional groups attached to an aromatic ring is 1. The number of anilines is 1. The Kier molecular flexibility index (Phi) is 3.98. The average molecular weight is 338 g/mol. The lowest BCUT2D eigenvalue weighted by molar-refractivity contribution is 0.0915. The van der Waals surface area contributed by atoms with Gasteiger partial charge in [-0.25, -0.2) is 0 Å². The highest BCUT2D eigenvalue weighted by Gasteiger charge is 2.36. The van der Waals surface area contributed by atoms with Gasteiger partial charge in [0.15, 0.2) is 0 Å². The summed E-state index contributed by atoms with van der Waals surface area (Å²) in [6, 6.07) is 6.18. The number of nitrogens with zero attached hydrogens (tertiary/aromatic N) is 1. The van der Waals surface area contributed by atoms with Crippen LogP contribution >= 0.6 is 15.9 Å². The number of hydrogen-bond donors (Lipinski definition) is 2. The molecule has 0 aliphatic carbocycles. The Morgan fingerprint density at radius 1 is 1.30 bits per heavy atom. The molecule has 0 saturated carbocycles. The summed E-state index contributed by atoms with van der Waals surface area (Å²) in [4.78, 5) is 14.9. The summed E-state index contributed by atoms with van der Waals surface area (Å²) < 4.78 is 0.827. The first-order valence-corrected chi connectivity index (χ1v) is 8.04. The molecule has 4 nitrogen and oxygen atoms in total. The Hall–Kier alpha value is -1.07. The molecule has 1 aromatic carbocycles. The van der Waals surface area contributed by atoms with Gasteiger partial charge in [-0.2, -0.15) is 0 Å². The van der Waals surface area contributed by atoms with E-state index in [1.165, 1.54) is 25.8 Å². The van der Waals surface area contributed by atoms with Gasteiger partial charge in [0.2, 0.25) is 0 Å². The fraction of sp³-hybridized carbons (Fsp3) is 0.533. The fourth-order valence-electron chi connectivity index (χ4n) is 3.35. The van der Waals surface area contributed by atoms with Gasteiger partial charge in [-0.3, -0.25) is 9.69 Å². The second-order valence-electron chi connectivity index (χ2n) is 5.70. The van der Waals surface area contributed by atoms with Crippen LogP contribution in [0.4, 0.5) is 5.69 Å². The minimum Gasteiger partial charge on any atom is -0.398 e. The molecule has 0 aromatic heterocycles. The predicted octanol–water partition coefficient (Wildman–Crippen LogP) is 2.39. The molecular weight excluding hydrogens is 318 g/mol. The number of benzene rings is 1. The molecule has 1 amide bonds. The third-order valence-electron chi connectivity index (χ3n) is 4.43. The van der Waals surface area contributed by atoms with E-state index in [0.717, 1.165) is 17.4 Å². The molecule has 3 rings (SSSR count). The summed E-state index contributed by atoms with van der Waals surface area (Å²) in [7, 11) is 0. The first kappa shape index (κ1) is 13.9. The van der Waals surface area contributed by atoms with Crippen LogP contribution < -0.4 is 11.1 Å². The van der Waals surface area contributed by atoms with E-state index in [1.54, 1.807) is 6.07 Å². The van der Waals surface area contributed by atoms with E-state index in [9.17, 15) is 4.79 Å². The molecular formula is C15H20BrN3O. The fourth-order valence-corrected chi connectivity index (χ4v) is 3.60. The van der Waals surface area contributed by atoms with Gasteiger partial charge in [0.25, 0.3) is 5.91 Å². The molecule has 2 unspecified atom stereocenters. The van der Waals surface area contributed by atoms with Crippen molar-refractivity contribution < 1.29 is 4.79 Å². The topological polar surface area (TPSA) is 58.4 Å². The number of fused-ring (bicyclic) bond motifs is 1. The molecule has 3 N–H and O–H groups in total. The van der Waals surface area contributed by atoms with Crippen LogP contribution in [0.1, 0.15) is 36.0 Å². The molecule has 1 aromatic rings. The molecule has 0 radical (unpaired) electrons. The highest BCUT2D eigenvalue weighted by Crippen LogP contribution is 2.27. The van der Waals surface area contributed by atoms with Crippen LogP contribution in [0.3, 0.4) is 0 Å². The van der Waals surface area contributed by atoms with Crippen molar-refractivity contribution in [3.63, 3.8) is 0 Å². The minimum atomic E-state index is -0.0124. The Bertz CT molecular complexity index is 520. The quantitative estimate of drug-likeness (QED) is 0.814. The van der Waals surface area contributed by atoms with Gasteiger partial charge in [-0.05, 0) is 59.9 Å². The zero-order chi connectivity index (χ0) is 14.1.